The van der Waals surface area contributed by atoms with Crippen LogP contribution >= 0.6 is 23.2 Å². The Hall–Kier alpha value is -1.45. The number of carbonyl (C=O) groups excluding carboxylic acids is 1. The van der Waals surface area contributed by atoms with Crippen molar-refractivity contribution in [3.05, 3.63) is 45.7 Å². The SMILES string of the molecule is CC1(C)CC(=O)c2cnc(-c3cccc(Cl)c3Cl)nc2C1. The Labute approximate surface area is 133 Å². The van der Waals surface area contributed by atoms with Gasteiger partial charge in [0.05, 0.1) is 21.3 Å². The summed E-state index contributed by atoms with van der Waals surface area (Å²) in [6, 6.07) is 5.35. The largest absolute Gasteiger partial charge is 0.294 e. The third-order valence-electron chi connectivity index (χ3n) is 3.65. The van der Waals surface area contributed by atoms with Crippen LogP contribution in [0.3, 0.4) is 0 Å². The van der Waals surface area contributed by atoms with E-state index in [4.69, 9.17) is 23.2 Å². The van der Waals surface area contributed by atoms with Crippen LogP contribution < -0.4 is 0 Å². The molecule has 3 rings (SSSR count). The van der Waals surface area contributed by atoms with Crippen LogP contribution in [-0.2, 0) is 6.42 Å². The van der Waals surface area contributed by atoms with Crippen molar-refractivity contribution in [3.8, 4) is 11.4 Å². The van der Waals surface area contributed by atoms with E-state index < -0.39 is 0 Å². The third kappa shape index (κ3) is 2.68. The fourth-order valence-electron chi connectivity index (χ4n) is 2.64. The molecule has 0 aliphatic heterocycles. The van der Waals surface area contributed by atoms with Crippen molar-refractivity contribution in [2.45, 2.75) is 26.7 Å². The predicted molar refractivity (Wildman–Crippen MR) is 83.9 cm³/mol. The number of benzene rings is 1. The molecule has 3 nitrogen and oxygen atoms in total. The van der Waals surface area contributed by atoms with E-state index in [2.05, 4.69) is 23.8 Å². The van der Waals surface area contributed by atoms with E-state index in [0.29, 0.717) is 33.4 Å². The molecule has 0 unspecified atom stereocenters. The lowest BCUT2D eigenvalue weighted by Crippen LogP contribution is -2.28. The summed E-state index contributed by atoms with van der Waals surface area (Å²) in [6.45, 7) is 4.14. The van der Waals surface area contributed by atoms with Gasteiger partial charge in [0, 0.05) is 18.2 Å². The summed E-state index contributed by atoms with van der Waals surface area (Å²) in [4.78, 5) is 21.0. The van der Waals surface area contributed by atoms with Gasteiger partial charge in [0.1, 0.15) is 0 Å². The summed E-state index contributed by atoms with van der Waals surface area (Å²) in [5.41, 5.74) is 2.02. The van der Waals surface area contributed by atoms with E-state index in [9.17, 15) is 4.79 Å². The van der Waals surface area contributed by atoms with Crippen LogP contribution in [-0.4, -0.2) is 15.8 Å². The molecular formula is C16H14Cl2N2O. The normalized spacial score (nSPS) is 16.7. The molecule has 0 N–H and O–H groups in total. The van der Waals surface area contributed by atoms with Crippen molar-refractivity contribution in [1.29, 1.82) is 0 Å². The van der Waals surface area contributed by atoms with E-state index in [1.165, 1.54) is 0 Å². The maximum Gasteiger partial charge on any atom is 0.166 e. The van der Waals surface area contributed by atoms with Crippen molar-refractivity contribution in [1.82, 2.24) is 9.97 Å². The molecule has 1 aliphatic carbocycles. The minimum absolute atomic E-state index is 0.0756. The van der Waals surface area contributed by atoms with E-state index in [0.717, 1.165) is 12.1 Å². The Balaban J connectivity index is 2.12. The number of nitrogens with zero attached hydrogens (tertiary/aromatic N) is 2. The van der Waals surface area contributed by atoms with Crippen LogP contribution in [0, 0.1) is 5.41 Å². The first-order chi connectivity index (χ1) is 9.87. The number of halogens is 2. The van der Waals surface area contributed by atoms with Crippen molar-refractivity contribution in [2.75, 3.05) is 0 Å². The second-order valence-corrected chi connectivity index (χ2v) is 6.88. The molecule has 1 aliphatic rings. The van der Waals surface area contributed by atoms with E-state index in [1.54, 1.807) is 18.3 Å². The predicted octanol–water partition coefficient (Wildman–Crippen LogP) is 4.61. The molecule has 0 bridgehead atoms. The molecule has 0 saturated heterocycles. The Morgan fingerprint density at radius 3 is 2.67 bits per heavy atom. The quantitative estimate of drug-likeness (QED) is 0.770. The number of Topliss-reactive ketones (excluding diaryl/α,β-unsaturated/α-hetero) is 1. The molecule has 0 radical (unpaired) electrons. The standard InChI is InChI=1S/C16H14Cl2N2O/c1-16(2)6-12-10(13(21)7-16)8-19-15(20-12)9-4-3-5-11(17)14(9)18/h3-5,8H,6-7H2,1-2H3. The second-order valence-electron chi connectivity index (χ2n) is 6.10. The molecule has 1 heterocycles. The minimum Gasteiger partial charge on any atom is -0.294 e. The van der Waals surface area contributed by atoms with Gasteiger partial charge in [0.2, 0.25) is 0 Å². The van der Waals surface area contributed by atoms with Gasteiger partial charge < -0.3 is 0 Å². The Morgan fingerprint density at radius 1 is 1.14 bits per heavy atom. The van der Waals surface area contributed by atoms with Crippen LogP contribution in [0.1, 0.15) is 36.3 Å². The Kier molecular flexibility index (Phi) is 3.50. The number of fused-ring (bicyclic) bond motifs is 1. The van der Waals surface area contributed by atoms with Crippen LogP contribution in [0.25, 0.3) is 11.4 Å². The van der Waals surface area contributed by atoms with Crippen LogP contribution in [0.2, 0.25) is 10.0 Å². The molecule has 0 amide bonds. The first-order valence-electron chi connectivity index (χ1n) is 6.71. The molecule has 5 heteroatoms. The van der Waals surface area contributed by atoms with E-state index >= 15 is 0 Å². The summed E-state index contributed by atoms with van der Waals surface area (Å²) >= 11 is 12.3. The van der Waals surface area contributed by atoms with Gasteiger partial charge in [0.15, 0.2) is 11.6 Å². The maximum atomic E-state index is 12.1. The molecule has 0 saturated carbocycles. The first kappa shape index (κ1) is 14.5. The molecule has 108 valence electrons. The highest BCUT2D eigenvalue weighted by molar-refractivity contribution is 6.43. The first-order valence-corrected chi connectivity index (χ1v) is 7.46. The lowest BCUT2D eigenvalue weighted by molar-refractivity contribution is 0.0910. The topological polar surface area (TPSA) is 42.9 Å². The third-order valence-corrected chi connectivity index (χ3v) is 4.46. The molecule has 0 fully saturated rings. The van der Waals surface area contributed by atoms with Crippen LogP contribution in [0.15, 0.2) is 24.4 Å². The number of carbonyl (C=O) groups is 1. The van der Waals surface area contributed by atoms with Crippen molar-refractivity contribution in [2.24, 2.45) is 5.41 Å². The summed E-state index contributed by atoms with van der Waals surface area (Å²) in [6.07, 6.45) is 2.88. The van der Waals surface area contributed by atoms with Crippen molar-refractivity contribution >= 4 is 29.0 Å². The van der Waals surface area contributed by atoms with Gasteiger partial charge in [-0.15, -0.1) is 0 Å². The Bertz CT molecular complexity index is 741. The van der Waals surface area contributed by atoms with Gasteiger partial charge in [-0.1, -0.05) is 43.1 Å². The zero-order valence-corrected chi connectivity index (χ0v) is 13.3. The lowest BCUT2D eigenvalue weighted by atomic mass is 9.76. The maximum absolute atomic E-state index is 12.1. The summed E-state index contributed by atoms with van der Waals surface area (Å²) in [7, 11) is 0. The second kappa shape index (κ2) is 5.08. The fraction of sp³-hybridized carbons (Fsp3) is 0.312. The average molecular weight is 321 g/mol. The number of hydrogen-bond donors (Lipinski definition) is 0. The van der Waals surface area contributed by atoms with Gasteiger partial charge in [0.25, 0.3) is 0 Å². The highest BCUT2D eigenvalue weighted by atomic mass is 35.5. The number of ketones is 1. The molecule has 21 heavy (non-hydrogen) atoms. The highest BCUT2D eigenvalue weighted by Crippen LogP contribution is 2.36. The van der Waals surface area contributed by atoms with Crippen molar-refractivity contribution < 1.29 is 4.79 Å². The molecule has 1 aromatic heterocycles. The van der Waals surface area contributed by atoms with Gasteiger partial charge >= 0.3 is 0 Å². The van der Waals surface area contributed by atoms with Gasteiger partial charge in [-0.2, -0.15) is 0 Å². The monoisotopic (exact) mass is 320 g/mol. The smallest absolute Gasteiger partial charge is 0.166 e. The van der Waals surface area contributed by atoms with Crippen LogP contribution in [0.4, 0.5) is 0 Å². The molecule has 2 aromatic rings. The van der Waals surface area contributed by atoms with E-state index in [-0.39, 0.29) is 11.2 Å². The number of aromatic nitrogens is 2. The van der Waals surface area contributed by atoms with Gasteiger partial charge in [-0.25, -0.2) is 9.97 Å². The minimum atomic E-state index is -0.0756. The Morgan fingerprint density at radius 2 is 1.90 bits per heavy atom. The summed E-state index contributed by atoms with van der Waals surface area (Å²) in [5.74, 6) is 0.608. The number of rotatable bonds is 1. The molecule has 0 spiro atoms. The average Bonchev–Trinajstić information content (AvgIpc) is 2.40. The van der Waals surface area contributed by atoms with Gasteiger partial charge in [-0.3, -0.25) is 4.79 Å². The molecule has 1 aromatic carbocycles. The van der Waals surface area contributed by atoms with E-state index in [1.807, 2.05) is 6.07 Å². The fourth-order valence-corrected chi connectivity index (χ4v) is 3.02. The summed E-state index contributed by atoms with van der Waals surface area (Å²) < 4.78 is 0. The zero-order chi connectivity index (χ0) is 15.2. The molecule has 0 atom stereocenters. The molecular weight excluding hydrogens is 307 g/mol. The van der Waals surface area contributed by atoms with Crippen molar-refractivity contribution in [3.63, 3.8) is 0 Å². The summed E-state index contributed by atoms with van der Waals surface area (Å²) in [5, 5.41) is 0.896. The zero-order valence-electron chi connectivity index (χ0n) is 11.8. The number of hydrogen-bond acceptors (Lipinski definition) is 3. The highest BCUT2D eigenvalue weighted by Gasteiger charge is 2.32. The van der Waals surface area contributed by atoms with Gasteiger partial charge in [-0.05, 0) is 24.0 Å². The van der Waals surface area contributed by atoms with Crippen LogP contribution in [0.5, 0.6) is 0 Å². The lowest BCUT2D eigenvalue weighted by Gasteiger charge is -2.29.